The highest BCUT2D eigenvalue weighted by Crippen LogP contribution is 2.43. The van der Waals surface area contributed by atoms with Gasteiger partial charge in [-0.3, -0.25) is 0 Å². The highest BCUT2D eigenvalue weighted by atomic mass is 79.9. The van der Waals surface area contributed by atoms with E-state index in [1.54, 1.807) is 0 Å². The molecule has 0 radical (unpaired) electrons. The van der Waals surface area contributed by atoms with Gasteiger partial charge in [-0.2, -0.15) is 0 Å². The summed E-state index contributed by atoms with van der Waals surface area (Å²) in [5, 5.41) is 19.3. The molecule has 3 heteroatoms. The Labute approximate surface area is 91.7 Å². The van der Waals surface area contributed by atoms with Gasteiger partial charge in [-0.1, -0.05) is 0 Å². The van der Waals surface area contributed by atoms with E-state index < -0.39 is 0 Å². The van der Waals surface area contributed by atoms with Crippen LogP contribution in [0.4, 0.5) is 0 Å². The molecule has 0 heterocycles. The molecule has 0 atom stereocenters. The minimum Gasteiger partial charge on any atom is -0.504 e. The summed E-state index contributed by atoms with van der Waals surface area (Å²) in [6.07, 6.45) is 4.33. The molecule has 0 aliphatic heterocycles. The quantitative estimate of drug-likeness (QED) is 0.701. The normalized spacial score (nSPS) is 15.3. The largest absolute Gasteiger partial charge is 0.504 e. The molecule has 0 aromatic heterocycles. The van der Waals surface area contributed by atoms with E-state index in [2.05, 4.69) is 15.9 Å². The van der Waals surface area contributed by atoms with Crippen molar-refractivity contribution in [2.24, 2.45) is 0 Å². The molecule has 0 saturated heterocycles. The van der Waals surface area contributed by atoms with Crippen molar-refractivity contribution in [1.82, 2.24) is 0 Å². The summed E-state index contributed by atoms with van der Waals surface area (Å²) in [6, 6.07) is 0. The lowest BCUT2D eigenvalue weighted by atomic mass is 9.88. The van der Waals surface area contributed by atoms with Crippen LogP contribution in [0.15, 0.2) is 4.47 Å². The monoisotopic (exact) mass is 256 g/mol. The van der Waals surface area contributed by atoms with Crippen LogP contribution in [0, 0.1) is 6.92 Å². The second-order valence-electron chi connectivity index (χ2n) is 3.80. The van der Waals surface area contributed by atoms with Gasteiger partial charge in [-0.25, -0.2) is 0 Å². The van der Waals surface area contributed by atoms with Crippen molar-refractivity contribution >= 4 is 15.9 Å². The third-order valence-electron chi connectivity index (χ3n) is 2.97. The lowest BCUT2D eigenvalue weighted by Crippen LogP contribution is -2.06. The molecule has 0 unspecified atom stereocenters. The second kappa shape index (κ2) is 3.46. The van der Waals surface area contributed by atoms with Crippen LogP contribution in [0.3, 0.4) is 0 Å². The molecule has 1 aromatic carbocycles. The summed E-state index contributed by atoms with van der Waals surface area (Å²) in [7, 11) is 0. The fourth-order valence-corrected chi connectivity index (χ4v) is 2.75. The Bertz CT molecular complexity index is 349. The van der Waals surface area contributed by atoms with Crippen LogP contribution in [0.1, 0.15) is 29.5 Å². The first kappa shape index (κ1) is 9.84. The van der Waals surface area contributed by atoms with Crippen molar-refractivity contribution in [3.05, 3.63) is 21.2 Å². The number of hydrogen-bond acceptors (Lipinski definition) is 2. The van der Waals surface area contributed by atoms with Gasteiger partial charge in [0.15, 0.2) is 11.5 Å². The average molecular weight is 257 g/mol. The van der Waals surface area contributed by atoms with Crippen LogP contribution in [0.5, 0.6) is 11.5 Å². The van der Waals surface area contributed by atoms with Crippen molar-refractivity contribution < 1.29 is 10.2 Å². The fourth-order valence-electron chi connectivity index (χ4n) is 2.13. The minimum absolute atomic E-state index is 0.0110. The Balaban J connectivity index is 2.71. The molecule has 76 valence electrons. The van der Waals surface area contributed by atoms with Crippen LogP contribution in [-0.4, -0.2) is 10.2 Å². The average Bonchev–Trinajstić information content (AvgIpc) is 2.23. The van der Waals surface area contributed by atoms with E-state index in [0.29, 0.717) is 4.47 Å². The first-order valence-corrected chi connectivity index (χ1v) is 5.64. The zero-order valence-corrected chi connectivity index (χ0v) is 9.69. The first-order chi connectivity index (χ1) is 6.63. The molecule has 0 bridgehead atoms. The number of phenolic OH excluding ortho intramolecular Hbond substituents is 2. The number of aromatic hydroxyl groups is 2. The maximum atomic E-state index is 9.66. The van der Waals surface area contributed by atoms with Gasteiger partial charge in [0.1, 0.15) is 0 Å². The molecule has 1 aromatic rings. The van der Waals surface area contributed by atoms with Gasteiger partial charge in [0.25, 0.3) is 0 Å². The van der Waals surface area contributed by atoms with Crippen molar-refractivity contribution in [1.29, 1.82) is 0 Å². The maximum Gasteiger partial charge on any atom is 0.172 e. The number of hydrogen-bond donors (Lipinski definition) is 2. The summed E-state index contributed by atoms with van der Waals surface area (Å²) < 4.78 is 0.676. The van der Waals surface area contributed by atoms with Gasteiger partial charge in [0.2, 0.25) is 0 Å². The Morgan fingerprint density at radius 1 is 1.00 bits per heavy atom. The number of phenols is 2. The number of rotatable bonds is 0. The van der Waals surface area contributed by atoms with E-state index >= 15 is 0 Å². The Kier molecular flexibility index (Phi) is 2.43. The van der Waals surface area contributed by atoms with Gasteiger partial charge in [0.05, 0.1) is 4.47 Å². The predicted molar refractivity (Wildman–Crippen MR) is 58.9 cm³/mol. The molecule has 2 rings (SSSR count). The van der Waals surface area contributed by atoms with Gasteiger partial charge in [0, 0.05) is 0 Å². The highest BCUT2D eigenvalue weighted by Gasteiger charge is 2.21. The van der Waals surface area contributed by atoms with Crippen LogP contribution in [0.25, 0.3) is 0 Å². The Hall–Kier alpha value is -0.700. The summed E-state index contributed by atoms with van der Waals surface area (Å²) >= 11 is 3.34. The van der Waals surface area contributed by atoms with Gasteiger partial charge < -0.3 is 10.2 Å². The van der Waals surface area contributed by atoms with Crippen molar-refractivity contribution in [2.45, 2.75) is 32.6 Å². The summed E-state index contributed by atoms with van der Waals surface area (Å²) in [5.74, 6) is 0.0145. The standard InChI is InChI=1S/C11H13BrO2/c1-6-7-4-2-3-5-8(7)9(12)11(14)10(6)13/h13-14H,2-5H2,1H3. The number of fused-ring (bicyclic) bond motifs is 1. The minimum atomic E-state index is -0.0110. The first-order valence-electron chi connectivity index (χ1n) is 4.84. The van der Waals surface area contributed by atoms with Crippen LogP contribution in [-0.2, 0) is 12.8 Å². The smallest absolute Gasteiger partial charge is 0.172 e. The predicted octanol–water partition coefficient (Wildman–Crippen LogP) is 3.05. The maximum absolute atomic E-state index is 9.66. The molecule has 0 spiro atoms. The molecule has 2 N–H and O–H groups in total. The summed E-state index contributed by atoms with van der Waals surface area (Å²) in [6.45, 7) is 1.87. The Morgan fingerprint density at radius 3 is 2.21 bits per heavy atom. The molecule has 1 aliphatic rings. The molecule has 2 nitrogen and oxygen atoms in total. The van der Waals surface area contributed by atoms with Crippen LogP contribution >= 0.6 is 15.9 Å². The zero-order chi connectivity index (χ0) is 10.3. The second-order valence-corrected chi connectivity index (χ2v) is 4.59. The molecular formula is C11H13BrO2. The topological polar surface area (TPSA) is 40.5 Å². The zero-order valence-electron chi connectivity index (χ0n) is 8.10. The third-order valence-corrected chi connectivity index (χ3v) is 3.83. The van der Waals surface area contributed by atoms with E-state index in [4.69, 9.17) is 0 Å². The summed E-state index contributed by atoms with van der Waals surface area (Å²) in [4.78, 5) is 0. The highest BCUT2D eigenvalue weighted by molar-refractivity contribution is 9.10. The lowest BCUT2D eigenvalue weighted by Gasteiger charge is -2.21. The van der Waals surface area contributed by atoms with Crippen molar-refractivity contribution in [2.75, 3.05) is 0 Å². The van der Waals surface area contributed by atoms with Gasteiger partial charge in [-0.05, 0) is 65.2 Å². The van der Waals surface area contributed by atoms with Crippen molar-refractivity contribution in [3.8, 4) is 11.5 Å². The van der Waals surface area contributed by atoms with Crippen LogP contribution in [0.2, 0.25) is 0 Å². The van der Waals surface area contributed by atoms with Crippen LogP contribution < -0.4 is 0 Å². The number of benzene rings is 1. The fraction of sp³-hybridized carbons (Fsp3) is 0.455. The van der Waals surface area contributed by atoms with E-state index in [9.17, 15) is 10.2 Å². The Morgan fingerprint density at radius 2 is 1.57 bits per heavy atom. The van der Waals surface area contributed by atoms with E-state index in [0.717, 1.165) is 24.8 Å². The van der Waals surface area contributed by atoms with E-state index in [1.165, 1.54) is 17.5 Å². The van der Waals surface area contributed by atoms with E-state index in [1.807, 2.05) is 6.92 Å². The SMILES string of the molecule is Cc1c(O)c(O)c(Br)c2c1CCCC2. The van der Waals surface area contributed by atoms with Gasteiger partial charge >= 0.3 is 0 Å². The molecular weight excluding hydrogens is 244 g/mol. The van der Waals surface area contributed by atoms with E-state index in [-0.39, 0.29) is 11.5 Å². The summed E-state index contributed by atoms with van der Waals surface area (Å²) in [5.41, 5.74) is 3.21. The molecule has 1 aliphatic carbocycles. The molecule has 0 saturated carbocycles. The molecule has 0 amide bonds. The molecule has 14 heavy (non-hydrogen) atoms. The molecule has 0 fully saturated rings. The number of halogens is 1. The third kappa shape index (κ3) is 1.31. The lowest BCUT2D eigenvalue weighted by molar-refractivity contribution is 0.396. The van der Waals surface area contributed by atoms with Gasteiger partial charge in [-0.15, -0.1) is 0 Å². The van der Waals surface area contributed by atoms with Crippen molar-refractivity contribution in [3.63, 3.8) is 0 Å².